The van der Waals surface area contributed by atoms with Crippen LogP contribution in [-0.2, 0) is 19.1 Å². The number of aliphatic carboxylic acids is 1. The average molecular weight is 299 g/mol. The van der Waals surface area contributed by atoms with E-state index in [-0.39, 0.29) is 24.5 Å². The number of methoxy groups -OCH3 is 1. The van der Waals surface area contributed by atoms with Gasteiger partial charge in [-0.05, 0) is 39.0 Å². The number of hydrogen-bond donors (Lipinski definition) is 1. The SMILES string of the molecule is CCOC1(C(=O)N2CC(OC)CC2CC(=O)O)CCCC1. The molecule has 6 heteroatoms. The Morgan fingerprint density at radius 2 is 2.00 bits per heavy atom. The zero-order valence-electron chi connectivity index (χ0n) is 12.8. The third kappa shape index (κ3) is 3.37. The molecule has 1 aliphatic carbocycles. The Morgan fingerprint density at radius 3 is 2.52 bits per heavy atom. The maximum Gasteiger partial charge on any atom is 0.305 e. The highest BCUT2D eigenvalue weighted by Gasteiger charge is 2.48. The summed E-state index contributed by atoms with van der Waals surface area (Å²) in [7, 11) is 1.60. The maximum absolute atomic E-state index is 13.0. The molecule has 0 spiro atoms. The van der Waals surface area contributed by atoms with E-state index in [4.69, 9.17) is 14.6 Å². The molecule has 0 aromatic heterocycles. The standard InChI is InChI=1S/C15H25NO5/c1-3-21-15(6-4-5-7-15)14(19)16-10-12(20-2)8-11(16)9-13(17)18/h11-12H,3-10H2,1-2H3,(H,17,18). The number of carbonyl (C=O) groups excluding carboxylic acids is 1. The molecular formula is C15H25NO5. The van der Waals surface area contributed by atoms with Crippen LogP contribution in [0.2, 0.25) is 0 Å². The molecule has 6 nitrogen and oxygen atoms in total. The van der Waals surface area contributed by atoms with Crippen molar-refractivity contribution < 1.29 is 24.2 Å². The van der Waals surface area contributed by atoms with Gasteiger partial charge in [0.25, 0.3) is 5.91 Å². The molecule has 21 heavy (non-hydrogen) atoms. The predicted molar refractivity (Wildman–Crippen MR) is 76.0 cm³/mol. The summed E-state index contributed by atoms with van der Waals surface area (Å²) in [6, 6.07) is -0.294. The van der Waals surface area contributed by atoms with Gasteiger partial charge in [-0.1, -0.05) is 0 Å². The smallest absolute Gasteiger partial charge is 0.305 e. The van der Waals surface area contributed by atoms with Crippen molar-refractivity contribution in [2.75, 3.05) is 20.3 Å². The second-order valence-corrected chi connectivity index (χ2v) is 5.94. The predicted octanol–water partition coefficient (Wildman–Crippen LogP) is 1.43. The van der Waals surface area contributed by atoms with E-state index in [1.165, 1.54) is 0 Å². The van der Waals surface area contributed by atoms with Crippen molar-refractivity contribution in [3.05, 3.63) is 0 Å². The van der Waals surface area contributed by atoms with Gasteiger partial charge in [0.2, 0.25) is 0 Å². The fourth-order valence-electron chi connectivity index (χ4n) is 3.59. The molecule has 2 rings (SSSR count). The van der Waals surface area contributed by atoms with Crippen LogP contribution in [0.15, 0.2) is 0 Å². The van der Waals surface area contributed by atoms with E-state index < -0.39 is 11.6 Å². The number of ether oxygens (including phenoxy) is 2. The van der Waals surface area contributed by atoms with Crippen molar-refractivity contribution in [1.29, 1.82) is 0 Å². The molecule has 2 fully saturated rings. The lowest BCUT2D eigenvalue weighted by Crippen LogP contribution is -2.51. The molecule has 1 N–H and O–H groups in total. The van der Waals surface area contributed by atoms with Gasteiger partial charge in [-0.25, -0.2) is 0 Å². The van der Waals surface area contributed by atoms with Crippen LogP contribution in [-0.4, -0.2) is 59.9 Å². The minimum absolute atomic E-state index is 0.0339. The lowest BCUT2D eigenvalue weighted by molar-refractivity contribution is -0.159. The number of carboxylic acids is 1. The van der Waals surface area contributed by atoms with E-state index >= 15 is 0 Å². The summed E-state index contributed by atoms with van der Waals surface area (Å²) in [5.41, 5.74) is -0.742. The van der Waals surface area contributed by atoms with Gasteiger partial charge >= 0.3 is 5.97 Å². The molecule has 120 valence electrons. The molecule has 2 atom stereocenters. The van der Waals surface area contributed by atoms with Crippen LogP contribution in [0.25, 0.3) is 0 Å². The van der Waals surface area contributed by atoms with E-state index in [9.17, 15) is 9.59 Å². The zero-order valence-corrected chi connectivity index (χ0v) is 12.8. The van der Waals surface area contributed by atoms with Crippen LogP contribution >= 0.6 is 0 Å². The molecule has 1 aliphatic heterocycles. The van der Waals surface area contributed by atoms with Crippen LogP contribution in [0.5, 0.6) is 0 Å². The molecule has 1 saturated carbocycles. The minimum atomic E-state index is -0.883. The summed E-state index contributed by atoms with van der Waals surface area (Å²) in [6.45, 7) is 2.85. The number of carbonyl (C=O) groups is 2. The van der Waals surface area contributed by atoms with E-state index in [0.29, 0.717) is 19.6 Å². The summed E-state index contributed by atoms with van der Waals surface area (Å²) >= 11 is 0. The number of hydrogen-bond acceptors (Lipinski definition) is 4. The van der Waals surface area contributed by atoms with Crippen molar-refractivity contribution in [2.45, 2.75) is 63.2 Å². The average Bonchev–Trinajstić information content (AvgIpc) is 3.05. The lowest BCUT2D eigenvalue weighted by Gasteiger charge is -2.34. The first-order valence-electron chi connectivity index (χ1n) is 7.72. The number of nitrogens with zero attached hydrogens (tertiary/aromatic N) is 1. The highest BCUT2D eigenvalue weighted by Crippen LogP contribution is 2.37. The minimum Gasteiger partial charge on any atom is -0.481 e. The van der Waals surface area contributed by atoms with E-state index in [1.807, 2.05) is 6.92 Å². The van der Waals surface area contributed by atoms with E-state index in [1.54, 1.807) is 12.0 Å². The fourth-order valence-corrected chi connectivity index (χ4v) is 3.59. The molecular weight excluding hydrogens is 274 g/mol. The first-order chi connectivity index (χ1) is 10.0. The summed E-state index contributed by atoms with van der Waals surface area (Å²) in [5, 5.41) is 9.06. The largest absolute Gasteiger partial charge is 0.481 e. The summed E-state index contributed by atoms with van der Waals surface area (Å²) < 4.78 is 11.1. The van der Waals surface area contributed by atoms with Crippen molar-refractivity contribution in [1.82, 2.24) is 4.90 Å². The van der Waals surface area contributed by atoms with Crippen LogP contribution in [0.1, 0.15) is 45.4 Å². The van der Waals surface area contributed by atoms with E-state index in [0.717, 1.165) is 25.7 Å². The Hall–Kier alpha value is -1.14. The second-order valence-electron chi connectivity index (χ2n) is 5.94. The van der Waals surface area contributed by atoms with Gasteiger partial charge in [-0.2, -0.15) is 0 Å². The van der Waals surface area contributed by atoms with Gasteiger partial charge in [0.05, 0.1) is 12.5 Å². The van der Waals surface area contributed by atoms with Gasteiger partial charge in [-0.3, -0.25) is 9.59 Å². The third-order valence-electron chi connectivity index (χ3n) is 4.60. The molecule has 0 aromatic carbocycles. The van der Waals surface area contributed by atoms with Crippen LogP contribution in [0.3, 0.4) is 0 Å². The summed E-state index contributed by atoms with van der Waals surface area (Å²) in [6.07, 6.45) is 3.89. The highest BCUT2D eigenvalue weighted by molar-refractivity contribution is 5.86. The molecule has 0 radical (unpaired) electrons. The molecule has 2 aliphatic rings. The fraction of sp³-hybridized carbons (Fsp3) is 0.867. The first kappa shape index (κ1) is 16.2. The van der Waals surface area contributed by atoms with Crippen LogP contribution < -0.4 is 0 Å². The Balaban J connectivity index is 2.15. The van der Waals surface area contributed by atoms with Crippen molar-refractivity contribution in [2.24, 2.45) is 0 Å². The number of likely N-dealkylation sites (tertiary alicyclic amines) is 1. The van der Waals surface area contributed by atoms with Gasteiger partial charge < -0.3 is 19.5 Å². The number of rotatable bonds is 6. The van der Waals surface area contributed by atoms with Crippen molar-refractivity contribution >= 4 is 11.9 Å². The Bertz CT molecular complexity index is 392. The quantitative estimate of drug-likeness (QED) is 0.803. The lowest BCUT2D eigenvalue weighted by atomic mass is 9.99. The molecule has 1 heterocycles. The number of amides is 1. The normalized spacial score (nSPS) is 28.0. The second kappa shape index (κ2) is 6.75. The molecule has 2 unspecified atom stereocenters. The molecule has 1 saturated heterocycles. The van der Waals surface area contributed by atoms with Crippen LogP contribution in [0, 0.1) is 0 Å². The van der Waals surface area contributed by atoms with Gasteiger partial charge in [-0.15, -0.1) is 0 Å². The summed E-state index contributed by atoms with van der Waals surface area (Å²) in [5.74, 6) is -0.931. The van der Waals surface area contributed by atoms with Gasteiger partial charge in [0, 0.05) is 26.3 Å². The first-order valence-corrected chi connectivity index (χ1v) is 7.72. The monoisotopic (exact) mass is 299 g/mol. The maximum atomic E-state index is 13.0. The van der Waals surface area contributed by atoms with Gasteiger partial charge in [0.15, 0.2) is 0 Å². The number of carboxylic acid groups (broad SMARTS) is 1. The highest BCUT2D eigenvalue weighted by atomic mass is 16.5. The molecule has 0 bridgehead atoms. The third-order valence-corrected chi connectivity index (χ3v) is 4.60. The van der Waals surface area contributed by atoms with E-state index in [2.05, 4.69) is 0 Å². The van der Waals surface area contributed by atoms with Gasteiger partial charge in [0.1, 0.15) is 5.60 Å². The Morgan fingerprint density at radius 1 is 1.33 bits per heavy atom. The molecule has 0 aromatic rings. The van der Waals surface area contributed by atoms with Crippen LogP contribution in [0.4, 0.5) is 0 Å². The zero-order chi connectivity index (χ0) is 15.5. The Kier molecular flexibility index (Phi) is 5.22. The Labute approximate surface area is 125 Å². The molecule has 1 amide bonds. The summed E-state index contributed by atoms with van der Waals surface area (Å²) in [4.78, 5) is 25.7. The van der Waals surface area contributed by atoms with Crippen molar-refractivity contribution in [3.63, 3.8) is 0 Å². The topological polar surface area (TPSA) is 76.1 Å². The van der Waals surface area contributed by atoms with Crippen molar-refractivity contribution in [3.8, 4) is 0 Å².